The van der Waals surface area contributed by atoms with Crippen LogP contribution in [0.15, 0.2) is 40.0 Å². The first-order chi connectivity index (χ1) is 14.1. The van der Waals surface area contributed by atoms with Crippen molar-refractivity contribution < 1.29 is 22.9 Å². The van der Waals surface area contributed by atoms with Gasteiger partial charge in [-0.3, -0.25) is 19.7 Å². The van der Waals surface area contributed by atoms with E-state index in [1.165, 1.54) is 30.2 Å². The Labute approximate surface area is 172 Å². The van der Waals surface area contributed by atoms with Gasteiger partial charge in [0.05, 0.1) is 16.9 Å². The van der Waals surface area contributed by atoms with Gasteiger partial charge in [-0.2, -0.15) is 4.31 Å². The van der Waals surface area contributed by atoms with Crippen LogP contribution in [0, 0.1) is 17.0 Å². The summed E-state index contributed by atoms with van der Waals surface area (Å²) in [5.41, 5.74) is -0.338. The van der Waals surface area contributed by atoms with Crippen molar-refractivity contribution in [2.45, 2.75) is 11.8 Å². The molecular formula is C18H20N4O7S. The third-order valence-electron chi connectivity index (χ3n) is 4.80. The Balaban J connectivity index is 1.77. The summed E-state index contributed by atoms with van der Waals surface area (Å²) in [7, 11) is -2.75. The van der Waals surface area contributed by atoms with Crippen LogP contribution in [-0.4, -0.2) is 66.7 Å². The van der Waals surface area contributed by atoms with Crippen molar-refractivity contribution in [3.8, 4) is 5.75 Å². The number of aromatic nitrogens is 1. The number of hydrogen-bond acceptors (Lipinski definition) is 7. The molecule has 2 aromatic rings. The first kappa shape index (κ1) is 21.5. The van der Waals surface area contributed by atoms with Gasteiger partial charge in [0.15, 0.2) is 5.75 Å². The molecule has 1 aliphatic rings. The molecule has 0 unspecified atom stereocenters. The van der Waals surface area contributed by atoms with Gasteiger partial charge in [-0.25, -0.2) is 8.42 Å². The molecule has 1 aromatic carbocycles. The van der Waals surface area contributed by atoms with E-state index in [0.717, 1.165) is 10.4 Å². The fourth-order valence-electron chi connectivity index (χ4n) is 3.16. The number of benzene rings is 1. The molecule has 30 heavy (non-hydrogen) atoms. The summed E-state index contributed by atoms with van der Waals surface area (Å²) < 4.78 is 31.9. The standard InChI is InChI=1S/C18H20N4O7S/c1-12-3-5-14(17(23)19-12)18(24)20-7-9-21(10-8-20)30(27,28)13-4-6-16(29-2)15(11-13)22(25)26/h3-6,11H,7-10H2,1-2H3,(H,19,23). The number of sulfonamides is 1. The summed E-state index contributed by atoms with van der Waals surface area (Å²) in [6.45, 7) is 1.87. The van der Waals surface area contributed by atoms with Crippen LogP contribution in [0.2, 0.25) is 0 Å². The number of carbonyl (C=O) groups excluding carboxylic acids is 1. The molecule has 1 aliphatic heterocycles. The summed E-state index contributed by atoms with van der Waals surface area (Å²) in [6, 6.07) is 6.48. The number of H-pyrrole nitrogens is 1. The maximum atomic E-state index is 12.9. The van der Waals surface area contributed by atoms with E-state index in [2.05, 4.69) is 4.98 Å². The zero-order valence-corrected chi connectivity index (χ0v) is 17.1. The highest BCUT2D eigenvalue weighted by Gasteiger charge is 2.32. The number of piperazine rings is 1. The fourth-order valence-corrected chi connectivity index (χ4v) is 4.61. The third kappa shape index (κ3) is 4.04. The van der Waals surface area contributed by atoms with Crippen molar-refractivity contribution in [2.24, 2.45) is 0 Å². The maximum absolute atomic E-state index is 12.9. The molecule has 1 saturated heterocycles. The fraction of sp³-hybridized carbons (Fsp3) is 0.333. The molecular weight excluding hydrogens is 416 g/mol. The number of aromatic amines is 1. The van der Waals surface area contributed by atoms with Gasteiger partial charge in [0.1, 0.15) is 5.56 Å². The Kier molecular flexibility index (Phi) is 5.89. The van der Waals surface area contributed by atoms with Gasteiger partial charge in [0.25, 0.3) is 11.5 Å². The molecule has 1 N–H and O–H groups in total. The number of carbonyl (C=O) groups is 1. The first-order valence-electron chi connectivity index (χ1n) is 8.97. The molecule has 160 valence electrons. The Hall–Kier alpha value is -3.25. The van der Waals surface area contributed by atoms with Crippen molar-refractivity contribution >= 4 is 21.6 Å². The van der Waals surface area contributed by atoms with Crippen LogP contribution in [-0.2, 0) is 10.0 Å². The molecule has 12 heteroatoms. The van der Waals surface area contributed by atoms with E-state index in [0.29, 0.717) is 5.69 Å². The number of methoxy groups -OCH3 is 1. The highest BCUT2D eigenvalue weighted by molar-refractivity contribution is 7.89. The monoisotopic (exact) mass is 436 g/mol. The molecule has 2 heterocycles. The van der Waals surface area contributed by atoms with Gasteiger partial charge < -0.3 is 14.6 Å². The number of nitro groups is 1. The SMILES string of the molecule is COc1ccc(S(=O)(=O)N2CCN(C(=O)c3ccc(C)[nH]c3=O)CC2)cc1[N+](=O)[O-]. The summed E-state index contributed by atoms with van der Waals surface area (Å²) in [5.74, 6) is -0.522. The van der Waals surface area contributed by atoms with Crippen LogP contribution in [0.25, 0.3) is 0 Å². The van der Waals surface area contributed by atoms with Gasteiger partial charge in [0.2, 0.25) is 10.0 Å². The lowest BCUT2D eigenvalue weighted by molar-refractivity contribution is -0.386. The van der Waals surface area contributed by atoms with Crippen molar-refractivity contribution in [1.29, 1.82) is 0 Å². The Morgan fingerprint density at radius 2 is 1.83 bits per heavy atom. The van der Waals surface area contributed by atoms with E-state index < -0.39 is 32.1 Å². The van der Waals surface area contributed by atoms with Crippen LogP contribution in [0.3, 0.4) is 0 Å². The van der Waals surface area contributed by atoms with Crippen LogP contribution < -0.4 is 10.3 Å². The highest BCUT2D eigenvalue weighted by atomic mass is 32.2. The third-order valence-corrected chi connectivity index (χ3v) is 6.69. The first-order valence-corrected chi connectivity index (χ1v) is 10.4. The number of hydrogen-bond donors (Lipinski definition) is 1. The summed E-state index contributed by atoms with van der Waals surface area (Å²) in [5, 5.41) is 11.2. The zero-order valence-electron chi connectivity index (χ0n) is 16.3. The van der Waals surface area contributed by atoms with Gasteiger partial charge in [0, 0.05) is 37.9 Å². The number of rotatable bonds is 5. The molecule has 0 saturated carbocycles. The zero-order chi connectivity index (χ0) is 22.1. The number of pyridine rings is 1. The molecule has 1 aromatic heterocycles. The lowest BCUT2D eigenvalue weighted by atomic mass is 10.2. The van der Waals surface area contributed by atoms with Gasteiger partial charge in [-0.15, -0.1) is 0 Å². The second-order valence-electron chi connectivity index (χ2n) is 6.67. The van der Waals surface area contributed by atoms with Gasteiger partial charge >= 0.3 is 5.69 Å². The molecule has 0 atom stereocenters. The quantitative estimate of drug-likeness (QED) is 0.538. The van der Waals surface area contributed by atoms with E-state index in [9.17, 15) is 28.1 Å². The molecule has 3 rings (SSSR count). The topological polar surface area (TPSA) is 143 Å². The van der Waals surface area contributed by atoms with E-state index in [4.69, 9.17) is 4.74 Å². The minimum Gasteiger partial charge on any atom is -0.490 e. The Morgan fingerprint density at radius 3 is 2.40 bits per heavy atom. The Bertz CT molecular complexity index is 1150. The normalized spacial score (nSPS) is 15.1. The predicted molar refractivity (Wildman–Crippen MR) is 106 cm³/mol. The number of ether oxygens (including phenoxy) is 1. The van der Waals surface area contributed by atoms with Crippen molar-refractivity contribution in [2.75, 3.05) is 33.3 Å². The van der Waals surface area contributed by atoms with Crippen LogP contribution in [0.4, 0.5) is 5.69 Å². The molecule has 11 nitrogen and oxygen atoms in total. The average molecular weight is 436 g/mol. The average Bonchev–Trinajstić information content (AvgIpc) is 2.72. The summed E-state index contributed by atoms with van der Waals surface area (Å²) in [6.07, 6.45) is 0. The van der Waals surface area contributed by atoms with Crippen LogP contribution in [0.1, 0.15) is 16.1 Å². The number of amides is 1. The minimum atomic E-state index is -4.00. The molecule has 0 spiro atoms. The van der Waals surface area contributed by atoms with E-state index >= 15 is 0 Å². The van der Waals surface area contributed by atoms with Gasteiger partial charge in [-0.05, 0) is 31.2 Å². The number of nitrogens with zero attached hydrogens (tertiary/aromatic N) is 3. The molecule has 1 fully saturated rings. The van der Waals surface area contributed by atoms with E-state index in [1.807, 2.05) is 0 Å². The van der Waals surface area contributed by atoms with Crippen molar-refractivity contribution in [1.82, 2.24) is 14.2 Å². The highest BCUT2D eigenvalue weighted by Crippen LogP contribution is 2.30. The second-order valence-corrected chi connectivity index (χ2v) is 8.61. The number of nitro benzene ring substituents is 1. The van der Waals surface area contributed by atoms with Crippen molar-refractivity contribution in [3.63, 3.8) is 0 Å². The van der Waals surface area contributed by atoms with Crippen molar-refractivity contribution in [3.05, 3.63) is 62.1 Å². The minimum absolute atomic E-state index is 0.00232. The predicted octanol–water partition coefficient (Wildman–Crippen LogP) is 0.747. The molecule has 1 amide bonds. The smallest absolute Gasteiger partial charge is 0.312 e. The molecule has 0 bridgehead atoms. The lowest BCUT2D eigenvalue weighted by Gasteiger charge is -2.33. The second kappa shape index (κ2) is 8.24. The lowest BCUT2D eigenvalue weighted by Crippen LogP contribution is -2.51. The largest absolute Gasteiger partial charge is 0.490 e. The summed E-state index contributed by atoms with van der Waals surface area (Å²) >= 11 is 0. The van der Waals surface area contributed by atoms with Gasteiger partial charge in [-0.1, -0.05) is 0 Å². The molecule has 0 radical (unpaired) electrons. The van der Waals surface area contributed by atoms with E-state index in [1.54, 1.807) is 13.0 Å². The number of nitrogens with one attached hydrogen (secondary N) is 1. The maximum Gasteiger partial charge on any atom is 0.312 e. The molecule has 0 aliphatic carbocycles. The number of aryl methyl sites for hydroxylation is 1. The van der Waals surface area contributed by atoms with Crippen LogP contribution in [0.5, 0.6) is 5.75 Å². The summed E-state index contributed by atoms with van der Waals surface area (Å²) in [4.78, 5) is 38.8. The van der Waals surface area contributed by atoms with Crippen LogP contribution >= 0.6 is 0 Å². The van der Waals surface area contributed by atoms with E-state index in [-0.39, 0.29) is 42.4 Å². The Morgan fingerprint density at radius 1 is 1.17 bits per heavy atom.